The molecule has 118 valence electrons. The first kappa shape index (κ1) is 14.1. The summed E-state index contributed by atoms with van der Waals surface area (Å²) in [5, 5.41) is 2.84. The summed E-state index contributed by atoms with van der Waals surface area (Å²) in [4.78, 5) is 17.4. The first-order valence-electron chi connectivity index (χ1n) is 7.66. The van der Waals surface area contributed by atoms with E-state index < -0.39 is 11.6 Å². The Bertz CT molecular complexity index is 941. The molecule has 0 saturated heterocycles. The summed E-state index contributed by atoms with van der Waals surface area (Å²) in [6, 6.07) is 5.49. The quantitative estimate of drug-likeness (QED) is 0.807. The molecule has 0 aliphatic heterocycles. The van der Waals surface area contributed by atoms with Crippen molar-refractivity contribution in [1.29, 1.82) is 0 Å². The minimum atomic E-state index is -0.901. The van der Waals surface area contributed by atoms with E-state index in [-0.39, 0.29) is 17.9 Å². The Hall–Kier alpha value is -2.50. The van der Waals surface area contributed by atoms with Crippen LogP contribution in [0.2, 0.25) is 0 Å². The van der Waals surface area contributed by atoms with Gasteiger partial charge in [-0.05, 0) is 30.5 Å². The molecule has 3 aromatic rings. The number of H-pyrrole nitrogens is 1. The van der Waals surface area contributed by atoms with Crippen molar-refractivity contribution in [3.63, 3.8) is 0 Å². The van der Waals surface area contributed by atoms with Crippen molar-refractivity contribution in [2.75, 3.05) is 0 Å². The Morgan fingerprint density at radius 1 is 1.22 bits per heavy atom. The minimum Gasteiger partial charge on any atom is -0.297 e. The van der Waals surface area contributed by atoms with Crippen molar-refractivity contribution in [3.05, 3.63) is 69.3 Å². The largest absolute Gasteiger partial charge is 0.297 e. The number of aromatic amines is 1. The summed E-state index contributed by atoms with van der Waals surface area (Å²) in [6.45, 7) is 0. The van der Waals surface area contributed by atoms with Crippen molar-refractivity contribution in [2.45, 2.75) is 31.6 Å². The Balaban J connectivity index is 1.84. The number of nitrogens with zero attached hydrogens (tertiary/aromatic N) is 2. The average molecular weight is 315 g/mol. The molecule has 4 nitrogen and oxygen atoms in total. The second-order valence-electron chi connectivity index (χ2n) is 5.99. The van der Waals surface area contributed by atoms with E-state index in [0.717, 1.165) is 37.1 Å². The van der Waals surface area contributed by atoms with Gasteiger partial charge in [0.05, 0.1) is 5.69 Å². The lowest BCUT2D eigenvalue weighted by Gasteiger charge is -2.26. The Morgan fingerprint density at radius 3 is 2.74 bits per heavy atom. The summed E-state index contributed by atoms with van der Waals surface area (Å²) in [5.74, 6) is -1.51. The maximum absolute atomic E-state index is 13.4. The third-order valence-electron chi connectivity index (χ3n) is 4.53. The highest BCUT2D eigenvalue weighted by molar-refractivity contribution is 5.42. The second-order valence-corrected chi connectivity index (χ2v) is 5.99. The lowest BCUT2D eigenvalue weighted by molar-refractivity contribution is 0.408. The van der Waals surface area contributed by atoms with Gasteiger partial charge in [-0.15, -0.1) is 0 Å². The SMILES string of the molecule is O=c1c(Cc2ccc(F)c(F)c2)c(C2CCC2)nc2cc[nH]n12. The number of fused-ring (bicyclic) bond motifs is 1. The molecule has 0 radical (unpaired) electrons. The highest BCUT2D eigenvalue weighted by Gasteiger charge is 2.26. The molecule has 0 amide bonds. The maximum Gasteiger partial charge on any atom is 0.276 e. The molecule has 2 heterocycles. The van der Waals surface area contributed by atoms with Crippen LogP contribution < -0.4 is 5.56 Å². The van der Waals surface area contributed by atoms with Crippen LogP contribution in [-0.2, 0) is 6.42 Å². The van der Waals surface area contributed by atoms with Gasteiger partial charge in [0.15, 0.2) is 17.3 Å². The third kappa shape index (κ3) is 2.34. The van der Waals surface area contributed by atoms with Gasteiger partial charge in [0.25, 0.3) is 5.56 Å². The van der Waals surface area contributed by atoms with E-state index in [2.05, 4.69) is 10.1 Å². The number of aromatic nitrogens is 3. The average Bonchev–Trinajstić information content (AvgIpc) is 2.93. The zero-order valence-electron chi connectivity index (χ0n) is 12.4. The topological polar surface area (TPSA) is 50.2 Å². The molecular formula is C17H15F2N3O. The summed E-state index contributed by atoms with van der Waals surface area (Å²) in [5.41, 5.74) is 2.33. The number of halogens is 2. The molecule has 0 unspecified atom stereocenters. The Kier molecular flexibility index (Phi) is 3.25. The number of hydrogen-bond acceptors (Lipinski definition) is 2. The van der Waals surface area contributed by atoms with Crippen LogP contribution in [0.4, 0.5) is 8.78 Å². The van der Waals surface area contributed by atoms with E-state index in [1.807, 2.05) is 0 Å². The molecule has 0 spiro atoms. The fourth-order valence-electron chi connectivity index (χ4n) is 3.05. The molecule has 0 bridgehead atoms. The highest BCUT2D eigenvalue weighted by atomic mass is 19.2. The number of nitrogens with one attached hydrogen (secondary N) is 1. The van der Waals surface area contributed by atoms with Gasteiger partial charge in [-0.25, -0.2) is 18.3 Å². The molecule has 4 rings (SSSR count). The van der Waals surface area contributed by atoms with Gasteiger partial charge < -0.3 is 0 Å². The Labute approximate surface area is 130 Å². The van der Waals surface area contributed by atoms with Crippen molar-refractivity contribution in [1.82, 2.24) is 14.6 Å². The van der Waals surface area contributed by atoms with Crippen LogP contribution in [0.15, 0.2) is 35.3 Å². The van der Waals surface area contributed by atoms with Crippen LogP contribution in [0.5, 0.6) is 0 Å². The first-order valence-corrected chi connectivity index (χ1v) is 7.66. The first-order chi connectivity index (χ1) is 11.1. The van der Waals surface area contributed by atoms with Crippen LogP contribution in [0.25, 0.3) is 5.65 Å². The molecular weight excluding hydrogens is 300 g/mol. The van der Waals surface area contributed by atoms with Crippen LogP contribution >= 0.6 is 0 Å². The molecule has 1 aliphatic carbocycles. The van der Waals surface area contributed by atoms with E-state index in [1.54, 1.807) is 12.3 Å². The van der Waals surface area contributed by atoms with Gasteiger partial charge in [-0.2, -0.15) is 0 Å². The van der Waals surface area contributed by atoms with Crippen molar-refractivity contribution in [3.8, 4) is 0 Å². The molecule has 23 heavy (non-hydrogen) atoms. The number of benzene rings is 1. The maximum atomic E-state index is 13.4. The summed E-state index contributed by atoms with van der Waals surface area (Å²) in [7, 11) is 0. The molecule has 1 aliphatic rings. The molecule has 1 aromatic carbocycles. The highest BCUT2D eigenvalue weighted by Crippen LogP contribution is 2.36. The van der Waals surface area contributed by atoms with E-state index >= 15 is 0 Å². The van der Waals surface area contributed by atoms with Crippen molar-refractivity contribution >= 4 is 5.65 Å². The molecule has 0 atom stereocenters. The fraction of sp³-hybridized carbons (Fsp3) is 0.294. The minimum absolute atomic E-state index is 0.174. The molecule has 6 heteroatoms. The lowest BCUT2D eigenvalue weighted by atomic mass is 9.80. The van der Waals surface area contributed by atoms with Crippen molar-refractivity contribution < 1.29 is 8.78 Å². The smallest absolute Gasteiger partial charge is 0.276 e. The fourth-order valence-corrected chi connectivity index (χ4v) is 3.05. The normalized spacial score (nSPS) is 15.0. The molecule has 1 N–H and O–H groups in total. The van der Waals surface area contributed by atoms with Gasteiger partial charge in [-0.1, -0.05) is 12.5 Å². The van der Waals surface area contributed by atoms with Gasteiger partial charge in [0.2, 0.25) is 0 Å². The summed E-state index contributed by atoms with van der Waals surface area (Å²) in [6.07, 6.45) is 5.06. The molecule has 2 aromatic heterocycles. The zero-order valence-corrected chi connectivity index (χ0v) is 12.4. The summed E-state index contributed by atoms with van der Waals surface area (Å²) < 4.78 is 27.9. The van der Waals surface area contributed by atoms with E-state index in [1.165, 1.54) is 10.6 Å². The van der Waals surface area contributed by atoms with E-state index in [4.69, 9.17) is 0 Å². The van der Waals surface area contributed by atoms with Crippen molar-refractivity contribution in [2.24, 2.45) is 0 Å². The second kappa shape index (κ2) is 5.30. The van der Waals surface area contributed by atoms with Gasteiger partial charge in [0.1, 0.15) is 0 Å². The predicted molar refractivity (Wildman–Crippen MR) is 81.6 cm³/mol. The monoisotopic (exact) mass is 315 g/mol. The van der Waals surface area contributed by atoms with Crippen LogP contribution in [0.3, 0.4) is 0 Å². The van der Waals surface area contributed by atoms with Gasteiger partial charge >= 0.3 is 0 Å². The number of hydrogen-bond donors (Lipinski definition) is 1. The van der Waals surface area contributed by atoms with Gasteiger partial charge in [-0.3, -0.25) is 9.89 Å². The van der Waals surface area contributed by atoms with E-state index in [0.29, 0.717) is 16.8 Å². The standard InChI is InChI=1S/C17H15F2N3O/c18-13-5-4-10(9-14(13)19)8-12-16(11-2-1-3-11)21-15-6-7-20-22(15)17(12)23/h4-7,9,11,20H,1-3,8H2. The predicted octanol–water partition coefficient (Wildman–Crippen LogP) is 3.16. The zero-order chi connectivity index (χ0) is 16.0. The third-order valence-corrected chi connectivity index (χ3v) is 4.53. The van der Waals surface area contributed by atoms with Crippen LogP contribution in [0.1, 0.15) is 42.0 Å². The van der Waals surface area contributed by atoms with E-state index in [9.17, 15) is 13.6 Å². The van der Waals surface area contributed by atoms with Crippen LogP contribution in [0, 0.1) is 11.6 Å². The van der Waals surface area contributed by atoms with Gasteiger partial charge in [0, 0.05) is 30.2 Å². The molecule has 1 saturated carbocycles. The Morgan fingerprint density at radius 2 is 2.04 bits per heavy atom. The van der Waals surface area contributed by atoms with Crippen LogP contribution in [-0.4, -0.2) is 14.6 Å². The lowest BCUT2D eigenvalue weighted by Crippen LogP contribution is -2.26. The molecule has 1 fully saturated rings. The number of rotatable bonds is 3. The summed E-state index contributed by atoms with van der Waals surface area (Å²) >= 11 is 0.